The maximum Gasteiger partial charge on any atom is 0.412 e. The SMILES string of the molecule is O=C(CP(=O)(OCC(F)(F)F)OCC(F)(F)F)N1CCCC1. The summed E-state index contributed by atoms with van der Waals surface area (Å²) in [5, 5.41) is 0. The van der Waals surface area contributed by atoms with Crippen LogP contribution in [-0.2, 0) is 18.4 Å². The summed E-state index contributed by atoms with van der Waals surface area (Å²) in [4.78, 5) is 12.9. The van der Waals surface area contributed by atoms with Crippen LogP contribution in [0, 0.1) is 0 Å². The average Bonchev–Trinajstić information content (AvgIpc) is 2.86. The lowest BCUT2D eigenvalue weighted by atomic mass is 10.4. The highest BCUT2D eigenvalue weighted by Crippen LogP contribution is 2.50. The zero-order chi connectivity index (χ0) is 17.0. The van der Waals surface area contributed by atoms with Crippen LogP contribution in [0.1, 0.15) is 12.8 Å². The van der Waals surface area contributed by atoms with E-state index in [9.17, 15) is 35.7 Å². The summed E-state index contributed by atoms with van der Waals surface area (Å²) in [6, 6.07) is 0. The smallest absolute Gasteiger partial charge is 0.342 e. The molecule has 0 saturated carbocycles. The molecule has 0 unspecified atom stereocenters. The topological polar surface area (TPSA) is 55.8 Å². The Morgan fingerprint density at radius 2 is 1.36 bits per heavy atom. The van der Waals surface area contributed by atoms with Crippen molar-refractivity contribution >= 4 is 13.5 Å². The van der Waals surface area contributed by atoms with Gasteiger partial charge in [0.05, 0.1) is 0 Å². The summed E-state index contributed by atoms with van der Waals surface area (Å²) in [6.07, 6.45) is -9.66. The van der Waals surface area contributed by atoms with Crippen molar-refractivity contribution in [3.8, 4) is 0 Å². The molecule has 1 heterocycles. The van der Waals surface area contributed by atoms with Crippen molar-refractivity contribution in [2.75, 3.05) is 32.5 Å². The third kappa shape index (κ3) is 7.46. The van der Waals surface area contributed by atoms with Crippen LogP contribution in [-0.4, -0.2) is 55.6 Å². The Morgan fingerprint density at radius 3 is 1.73 bits per heavy atom. The maximum absolute atomic E-state index is 12.1. The van der Waals surface area contributed by atoms with Crippen LogP contribution in [0.25, 0.3) is 0 Å². The van der Waals surface area contributed by atoms with E-state index in [1.165, 1.54) is 4.90 Å². The molecule has 22 heavy (non-hydrogen) atoms. The van der Waals surface area contributed by atoms with E-state index in [1.54, 1.807) is 0 Å². The first-order valence-corrected chi connectivity index (χ1v) is 7.92. The number of carbonyl (C=O) groups is 1. The Hall–Kier alpha value is -0.800. The number of likely N-dealkylation sites (tertiary alicyclic amines) is 1. The summed E-state index contributed by atoms with van der Waals surface area (Å²) in [7, 11) is -4.85. The molecule has 0 atom stereocenters. The molecule has 1 fully saturated rings. The Kier molecular flexibility index (Phi) is 6.28. The summed E-state index contributed by atoms with van der Waals surface area (Å²) < 4.78 is 92.4. The molecule has 0 N–H and O–H groups in total. The van der Waals surface area contributed by atoms with Gasteiger partial charge in [0, 0.05) is 13.1 Å². The maximum atomic E-state index is 12.1. The average molecular weight is 357 g/mol. The molecule has 0 aromatic heterocycles. The second-order valence-electron chi connectivity index (χ2n) is 4.63. The van der Waals surface area contributed by atoms with E-state index in [0.717, 1.165) is 0 Å². The quantitative estimate of drug-likeness (QED) is 0.542. The molecule has 1 saturated heterocycles. The van der Waals surface area contributed by atoms with E-state index in [0.29, 0.717) is 25.9 Å². The van der Waals surface area contributed by atoms with Gasteiger partial charge in [-0.15, -0.1) is 0 Å². The normalized spacial score (nSPS) is 17.1. The van der Waals surface area contributed by atoms with Gasteiger partial charge < -0.3 is 4.90 Å². The van der Waals surface area contributed by atoms with E-state index in [1.807, 2.05) is 0 Å². The standard InChI is InChI=1S/C10H14F6NO4P/c11-9(12,13)6-20-22(19,21-7-10(14,15)16)5-8(18)17-3-1-2-4-17/h1-7H2. The van der Waals surface area contributed by atoms with Gasteiger partial charge in [0.1, 0.15) is 6.16 Å². The van der Waals surface area contributed by atoms with Gasteiger partial charge >= 0.3 is 19.9 Å². The van der Waals surface area contributed by atoms with Gasteiger partial charge in [-0.2, -0.15) is 26.3 Å². The minimum Gasteiger partial charge on any atom is -0.342 e. The van der Waals surface area contributed by atoms with Gasteiger partial charge in [0.15, 0.2) is 13.2 Å². The number of hydrogen-bond donors (Lipinski definition) is 0. The number of nitrogens with zero attached hydrogens (tertiary/aromatic N) is 1. The summed E-state index contributed by atoms with van der Waals surface area (Å²) in [6.45, 7) is -3.51. The molecule has 0 aromatic rings. The lowest BCUT2D eigenvalue weighted by Gasteiger charge is -2.22. The van der Waals surface area contributed by atoms with Crippen molar-refractivity contribution < 1.29 is 44.7 Å². The first-order valence-electron chi connectivity index (χ1n) is 6.20. The van der Waals surface area contributed by atoms with E-state index in [-0.39, 0.29) is 0 Å². The van der Waals surface area contributed by atoms with Crippen LogP contribution in [0.2, 0.25) is 0 Å². The zero-order valence-electron chi connectivity index (χ0n) is 11.2. The fraction of sp³-hybridized carbons (Fsp3) is 0.900. The molecule has 0 bridgehead atoms. The molecule has 1 amide bonds. The molecule has 0 aromatic carbocycles. The van der Waals surface area contributed by atoms with Gasteiger partial charge in [0.2, 0.25) is 5.91 Å². The Labute approximate surface area is 122 Å². The monoisotopic (exact) mass is 357 g/mol. The van der Waals surface area contributed by atoms with Crippen LogP contribution in [0.4, 0.5) is 26.3 Å². The highest BCUT2D eigenvalue weighted by Gasteiger charge is 2.40. The second kappa shape index (κ2) is 7.18. The first-order chi connectivity index (χ1) is 9.90. The largest absolute Gasteiger partial charge is 0.412 e. The number of amides is 1. The van der Waals surface area contributed by atoms with Crippen molar-refractivity contribution in [3.63, 3.8) is 0 Å². The highest BCUT2D eigenvalue weighted by molar-refractivity contribution is 7.54. The van der Waals surface area contributed by atoms with E-state index in [2.05, 4.69) is 9.05 Å². The molecule has 0 radical (unpaired) electrons. The molecule has 5 nitrogen and oxygen atoms in total. The number of carbonyl (C=O) groups excluding carboxylic acids is 1. The van der Waals surface area contributed by atoms with Crippen molar-refractivity contribution in [3.05, 3.63) is 0 Å². The third-order valence-electron chi connectivity index (χ3n) is 2.64. The van der Waals surface area contributed by atoms with Crippen LogP contribution in [0.5, 0.6) is 0 Å². The summed E-state index contributed by atoms with van der Waals surface area (Å²) in [5.74, 6) is -0.856. The molecule has 0 aliphatic carbocycles. The fourth-order valence-corrected chi connectivity index (χ4v) is 3.18. The minimum atomic E-state index is -4.91. The van der Waals surface area contributed by atoms with Crippen LogP contribution in [0.3, 0.4) is 0 Å². The van der Waals surface area contributed by atoms with Crippen LogP contribution < -0.4 is 0 Å². The van der Waals surface area contributed by atoms with Crippen molar-refractivity contribution in [2.24, 2.45) is 0 Å². The second-order valence-corrected chi connectivity index (χ2v) is 6.69. The lowest BCUT2D eigenvalue weighted by molar-refractivity contribution is -0.165. The van der Waals surface area contributed by atoms with Crippen molar-refractivity contribution in [1.29, 1.82) is 0 Å². The Morgan fingerprint density at radius 1 is 0.955 bits per heavy atom. The predicted molar refractivity (Wildman–Crippen MR) is 62.3 cm³/mol. The summed E-state index contributed by atoms with van der Waals surface area (Å²) >= 11 is 0. The predicted octanol–water partition coefficient (Wildman–Crippen LogP) is 2.96. The number of alkyl halides is 6. The van der Waals surface area contributed by atoms with Gasteiger partial charge in [-0.25, -0.2) is 0 Å². The van der Waals surface area contributed by atoms with Crippen molar-refractivity contribution in [1.82, 2.24) is 4.90 Å². The number of hydrogen-bond acceptors (Lipinski definition) is 4. The van der Waals surface area contributed by atoms with Gasteiger partial charge in [-0.1, -0.05) is 0 Å². The van der Waals surface area contributed by atoms with Gasteiger partial charge in [-0.05, 0) is 12.8 Å². The van der Waals surface area contributed by atoms with E-state index >= 15 is 0 Å². The Balaban J connectivity index is 2.71. The van der Waals surface area contributed by atoms with Crippen LogP contribution >= 0.6 is 7.60 Å². The minimum absolute atomic E-state index is 0.303. The summed E-state index contributed by atoms with van der Waals surface area (Å²) in [5.41, 5.74) is 0. The fourth-order valence-electron chi connectivity index (χ4n) is 1.70. The number of halogens is 6. The Bertz CT molecular complexity index is 410. The van der Waals surface area contributed by atoms with E-state index in [4.69, 9.17) is 0 Å². The van der Waals surface area contributed by atoms with Crippen LogP contribution in [0.15, 0.2) is 0 Å². The zero-order valence-corrected chi connectivity index (χ0v) is 12.1. The lowest BCUT2D eigenvalue weighted by Crippen LogP contribution is -2.31. The highest BCUT2D eigenvalue weighted by atomic mass is 31.2. The molecule has 130 valence electrons. The molecule has 1 aliphatic rings. The van der Waals surface area contributed by atoms with Gasteiger partial charge in [-0.3, -0.25) is 18.4 Å². The molecular weight excluding hydrogens is 343 g/mol. The van der Waals surface area contributed by atoms with Crippen molar-refractivity contribution in [2.45, 2.75) is 25.2 Å². The molecule has 1 aliphatic heterocycles. The third-order valence-corrected chi connectivity index (χ3v) is 4.34. The molecule has 1 rings (SSSR count). The molecule has 12 heteroatoms. The first kappa shape index (κ1) is 19.2. The van der Waals surface area contributed by atoms with E-state index < -0.39 is 45.2 Å². The number of rotatable bonds is 6. The molecular formula is C10H14F6NO4P. The molecule has 0 spiro atoms. The van der Waals surface area contributed by atoms with Gasteiger partial charge in [0.25, 0.3) is 0 Å².